The molecule has 0 aliphatic rings. The first kappa shape index (κ1) is 12.3. The maximum Gasteiger partial charge on any atom is 0.120 e. The molecule has 0 saturated carbocycles. The smallest absolute Gasteiger partial charge is 0.120 e. The molecule has 0 aliphatic heterocycles. The molecule has 0 atom stereocenters. The monoisotopic (exact) mass is 266 g/mol. The van der Waals surface area contributed by atoms with E-state index in [4.69, 9.17) is 4.74 Å². The van der Waals surface area contributed by atoms with Crippen molar-refractivity contribution >= 4 is 10.9 Å². The van der Waals surface area contributed by atoms with Crippen molar-refractivity contribution in [1.29, 1.82) is 5.26 Å². The van der Waals surface area contributed by atoms with Gasteiger partial charge in [0.15, 0.2) is 0 Å². The van der Waals surface area contributed by atoms with E-state index in [-0.39, 0.29) is 0 Å². The van der Waals surface area contributed by atoms with Gasteiger partial charge in [-0.3, -0.25) is 5.10 Å². The summed E-state index contributed by atoms with van der Waals surface area (Å²) in [6.07, 6.45) is 1.76. The Morgan fingerprint density at radius 1 is 1.40 bits per heavy atom. The van der Waals surface area contributed by atoms with Crippen molar-refractivity contribution in [2.24, 2.45) is 0 Å². The summed E-state index contributed by atoms with van der Waals surface area (Å²) in [7, 11) is 1.64. The SMILES string of the molecule is CCn1c(-c2cc[nH]n2)c(C#N)c2ccc(OC)cc21. The Labute approximate surface area is 116 Å². The number of benzene rings is 1. The number of nitrogens with zero attached hydrogens (tertiary/aromatic N) is 3. The Morgan fingerprint density at radius 3 is 2.85 bits per heavy atom. The molecule has 2 aromatic heterocycles. The maximum absolute atomic E-state index is 9.52. The van der Waals surface area contributed by atoms with E-state index in [0.717, 1.165) is 34.6 Å². The summed E-state index contributed by atoms with van der Waals surface area (Å²) in [5.74, 6) is 0.780. The normalized spacial score (nSPS) is 10.7. The third-order valence-corrected chi connectivity index (χ3v) is 3.44. The second kappa shape index (κ2) is 4.74. The molecule has 2 heterocycles. The highest BCUT2D eigenvalue weighted by molar-refractivity contribution is 5.94. The Morgan fingerprint density at radius 2 is 2.25 bits per heavy atom. The number of hydrogen-bond donors (Lipinski definition) is 1. The lowest BCUT2D eigenvalue weighted by molar-refractivity contribution is 0.415. The number of aromatic nitrogens is 3. The van der Waals surface area contributed by atoms with E-state index in [1.165, 1.54) is 0 Å². The first-order valence-electron chi connectivity index (χ1n) is 6.40. The fourth-order valence-electron chi connectivity index (χ4n) is 2.56. The van der Waals surface area contributed by atoms with E-state index in [0.29, 0.717) is 5.56 Å². The van der Waals surface area contributed by atoms with Crippen molar-refractivity contribution in [2.45, 2.75) is 13.5 Å². The minimum atomic E-state index is 0.650. The molecule has 0 saturated heterocycles. The van der Waals surface area contributed by atoms with Crippen LogP contribution in [0.4, 0.5) is 0 Å². The predicted octanol–water partition coefficient (Wildman–Crippen LogP) is 2.93. The zero-order valence-corrected chi connectivity index (χ0v) is 11.3. The molecular formula is C15H14N4O. The number of nitriles is 1. The van der Waals surface area contributed by atoms with Crippen LogP contribution in [0.3, 0.4) is 0 Å². The van der Waals surface area contributed by atoms with E-state index in [9.17, 15) is 5.26 Å². The third-order valence-electron chi connectivity index (χ3n) is 3.44. The zero-order valence-electron chi connectivity index (χ0n) is 11.3. The van der Waals surface area contributed by atoms with Crippen molar-refractivity contribution in [3.8, 4) is 23.2 Å². The molecule has 5 nitrogen and oxygen atoms in total. The number of methoxy groups -OCH3 is 1. The van der Waals surface area contributed by atoms with Crippen molar-refractivity contribution < 1.29 is 4.74 Å². The Bertz CT molecular complexity index is 793. The van der Waals surface area contributed by atoms with Gasteiger partial charge in [0, 0.05) is 24.2 Å². The number of aromatic amines is 1. The molecular weight excluding hydrogens is 252 g/mol. The van der Waals surface area contributed by atoms with Gasteiger partial charge in [0.25, 0.3) is 0 Å². The summed E-state index contributed by atoms with van der Waals surface area (Å²) in [6, 6.07) is 9.93. The summed E-state index contributed by atoms with van der Waals surface area (Å²) >= 11 is 0. The largest absolute Gasteiger partial charge is 0.497 e. The molecule has 0 spiro atoms. The van der Waals surface area contributed by atoms with Gasteiger partial charge in [-0.05, 0) is 25.1 Å². The number of aryl methyl sites for hydroxylation is 1. The van der Waals surface area contributed by atoms with Gasteiger partial charge < -0.3 is 9.30 Å². The van der Waals surface area contributed by atoms with Crippen LogP contribution in [0.5, 0.6) is 5.75 Å². The van der Waals surface area contributed by atoms with Crippen LogP contribution >= 0.6 is 0 Å². The molecule has 0 radical (unpaired) electrons. The van der Waals surface area contributed by atoms with E-state index in [1.807, 2.05) is 24.3 Å². The fraction of sp³-hybridized carbons (Fsp3) is 0.200. The Balaban J connectivity index is 2.42. The lowest BCUT2D eigenvalue weighted by Gasteiger charge is -2.06. The predicted molar refractivity (Wildman–Crippen MR) is 76.5 cm³/mol. The average molecular weight is 266 g/mol. The maximum atomic E-state index is 9.52. The molecule has 5 heteroatoms. The Kier molecular flexibility index (Phi) is 2.92. The number of nitrogens with one attached hydrogen (secondary N) is 1. The molecule has 0 amide bonds. The molecule has 1 aromatic carbocycles. The standard InChI is InChI=1S/C15H14N4O/c1-3-19-14-8-10(20-2)4-5-11(14)12(9-16)15(19)13-6-7-17-18-13/h4-8H,3H2,1-2H3,(H,17,18). The molecule has 20 heavy (non-hydrogen) atoms. The fourth-order valence-corrected chi connectivity index (χ4v) is 2.56. The van der Waals surface area contributed by atoms with E-state index in [2.05, 4.69) is 27.8 Å². The van der Waals surface area contributed by atoms with Crippen LogP contribution < -0.4 is 4.74 Å². The van der Waals surface area contributed by atoms with Crippen molar-refractivity contribution in [2.75, 3.05) is 7.11 Å². The summed E-state index contributed by atoms with van der Waals surface area (Å²) in [5, 5.41) is 17.5. The lowest BCUT2D eigenvalue weighted by atomic mass is 10.1. The summed E-state index contributed by atoms with van der Waals surface area (Å²) in [4.78, 5) is 0. The molecule has 0 aliphatic carbocycles. The highest BCUT2D eigenvalue weighted by Gasteiger charge is 2.19. The minimum Gasteiger partial charge on any atom is -0.497 e. The number of hydrogen-bond acceptors (Lipinski definition) is 3. The molecule has 100 valence electrons. The summed E-state index contributed by atoms with van der Waals surface area (Å²) < 4.78 is 7.37. The van der Waals surface area contributed by atoms with Gasteiger partial charge in [0.1, 0.15) is 17.5 Å². The highest BCUT2D eigenvalue weighted by Crippen LogP contribution is 2.34. The van der Waals surface area contributed by atoms with E-state index >= 15 is 0 Å². The zero-order chi connectivity index (χ0) is 14.1. The second-order valence-electron chi connectivity index (χ2n) is 4.42. The number of H-pyrrole nitrogens is 1. The number of rotatable bonds is 3. The molecule has 0 unspecified atom stereocenters. The molecule has 1 N–H and O–H groups in total. The molecule has 3 rings (SSSR count). The highest BCUT2D eigenvalue weighted by atomic mass is 16.5. The van der Waals surface area contributed by atoms with Gasteiger partial charge in [-0.15, -0.1) is 0 Å². The quantitative estimate of drug-likeness (QED) is 0.792. The van der Waals surface area contributed by atoms with Gasteiger partial charge in [-0.1, -0.05) is 0 Å². The van der Waals surface area contributed by atoms with Gasteiger partial charge >= 0.3 is 0 Å². The summed E-state index contributed by atoms with van der Waals surface area (Å²) in [5.41, 5.74) is 3.26. The van der Waals surface area contributed by atoms with Crippen LogP contribution in [0.25, 0.3) is 22.3 Å². The van der Waals surface area contributed by atoms with Crippen LogP contribution in [0, 0.1) is 11.3 Å². The first-order valence-corrected chi connectivity index (χ1v) is 6.40. The van der Waals surface area contributed by atoms with Crippen LogP contribution in [0.15, 0.2) is 30.5 Å². The van der Waals surface area contributed by atoms with Crippen molar-refractivity contribution in [1.82, 2.24) is 14.8 Å². The van der Waals surface area contributed by atoms with Crippen LogP contribution in [-0.4, -0.2) is 21.9 Å². The van der Waals surface area contributed by atoms with Gasteiger partial charge in [-0.2, -0.15) is 10.4 Å². The number of fused-ring (bicyclic) bond motifs is 1. The Hall–Kier alpha value is -2.74. The van der Waals surface area contributed by atoms with E-state index in [1.54, 1.807) is 13.3 Å². The van der Waals surface area contributed by atoms with Crippen molar-refractivity contribution in [3.63, 3.8) is 0 Å². The van der Waals surface area contributed by atoms with Crippen LogP contribution in [-0.2, 0) is 6.54 Å². The molecule has 0 fully saturated rings. The van der Waals surface area contributed by atoms with Gasteiger partial charge in [0.2, 0.25) is 0 Å². The lowest BCUT2D eigenvalue weighted by Crippen LogP contribution is -1.98. The van der Waals surface area contributed by atoms with Gasteiger partial charge in [-0.25, -0.2) is 0 Å². The minimum absolute atomic E-state index is 0.650. The first-order chi connectivity index (χ1) is 9.80. The molecule has 3 aromatic rings. The van der Waals surface area contributed by atoms with Crippen LogP contribution in [0.2, 0.25) is 0 Å². The second-order valence-corrected chi connectivity index (χ2v) is 4.42. The number of ether oxygens (including phenoxy) is 1. The topological polar surface area (TPSA) is 66.6 Å². The van der Waals surface area contributed by atoms with Crippen molar-refractivity contribution in [3.05, 3.63) is 36.0 Å². The van der Waals surface area contributed by atoms with Gasteiger partial charge in [0.05, 0.1) is 23.9 Å². The van der Waals surface area contributed by atoms with Crippen LogP contribution in [0.1, 0.15) is 12.5 Å². The van der Waals surface area contributed by atoms with E-state index < -0.39 is 0 Å². The average Bonchev–Trinajstić information content (AvgIpc) is 3.11. The third kappa shape index (κ3) is 1.66. The molecule has 0 bridgehead atoms. The summed E-state index contributed by atoms with van der Waals surface area (Å²) in [6.45, 7) is 2.81.